The van der Waals surface area contributed by atoms with Crippen molar-refractivity contribution in [1.82, 2.24) is 10.5 Å². The van der Waals surface area contributed by atoms with Gasteiger partial charge in [0.25, 0.3) is 5.91 Å². The maximum atomic E-state index is 12.2. The first-order valence-corrected chi connectivity index (χ1v) is 9.09. The van der Waals surface area contributed by atoms with Crippen molar-refractivity contribution < 1.29 is 23.6 Å². The van der Waals surface area contributed by atoms with Crippen LogP contribution in [0.2, 0.25) is 0 Å². The van der Waals surface area contributed by atoms with E-state index in [2.05, 4.69) is 15.8 Å². The summed E-state index contributed by atoms with van der Waals surface area (Å²) >= 11 is 0. The fraction of sp³-hybridized carbons (Fsp3) is 0.238. The zero-order chi connectivity index (χ0) is 20.8. The van der Waals surface area contributed by atoms with E-state index in [-0.39, 0.29) is 24.7 Å². The van der Waals surface area contributed by atoms with Crippen LogP contribution in [0.5, 0.6) is 0 Å². The molecular formula is C21H21N3O5. The van der Waals surface area contributed by atoms with Crippen molar-refractivity contribution in [2.45, 2.75) is 26.4 Å². The van der Waals surface area contributed by atoms with E-state index in [1.807, 2.05) is 42.5 Å². The second-order valence-corrected chi connectivity index (χ2v) is 6.54. The van der Waals surface area contributed by atoms with Gasteiger partial charge in [-0.25, -0.2) is 0 Å². The largest absolute Gasteiger partial charge is 0.451 e. The number of ether oxygens (including phenoxy) is 1. The number of nitrogens with zero attached hydrogens (tertiary/aromatic N) is 1. The predicted molar refractivity (Wildman–Crippen MR) is 106 cm³/mol. The fourth-order valence-electron chi connectivity index (χ4n) is 2.80. The Hall–Kier alpha value is -3.68. The minimum Gasteiger partial charge on any atom is -0.451 e. The summed E-state index contributed by atoms with van der Waals surface area (Å²) in [5.74, 6) is -0.796. The second kappa shape index (κ2) is 9.01. The molecule has 150 valence electrons. The number of nitrogens with one attached hydrogen (secondary N) is 2. The fourth-order valence-corrected chi connectivity index (χ4v) is 2.80. The molecule has 0 spiro atoms. The van der Waals surface area contributed by atoms with Crippen LogP contribution in [0, 0.1) is 6.92 Å². The van der Waals surface area contributed by atoms with E-state index in [0.29, 0.717) is 5.76 Å². The van der Waals surface area contributed by atoms with Crippen LogP contribution in [-0.4, -0.2) is 35.6 Å². The molecule has 1 atom stereocenters. The summed E-state index contributed by atoms with van der Waals surface area (Å²) in [6.07, 6.45) is -0.912. The van der Waals surface area contributed by atoms with E-state index in [4.69, 9.17) is 9.26 Å². The molecule has 2 N–H and O–H groups in total. The van der Waals surface area contributed by atoms with E-state index in [1.165, 1.54) is 6.92 Å². The number of benzene rings is 2. The molecule has 1 aromatic heterocycles. The summed E-state index contributed by atoms with van der Waals surface area (Å²) in [4.78, 5) is 36.1. The minimum atomic E-state index is -1.05. The Bertz CT molecular complexity index is 1040. The number of aryl methyl sites for hydroxylation is 1. The molecule has 0 fully saturated rings. The summed E-state index contributed by atoms with van der Waals surface area (Å²) in [5, 5.41) is 10.7. The average Bonchev–Trinajstić information content (AvgIpc) is 3.11. The number of esters is 1. The van der Waals surface area contributed by atoms with Gasteiger partial charge >= 0.3 is 5.97 Å². The molecule has 0 saturated carbocycles. The lowest BCUT2D eigenvalue weighted by molar-refractivity contribution is -0.152. The van der Waals surface area contributed by atoms with Gasteiger partial charge in [-0.1, -0.05) is 47.6 Å². The standard InChI is InChI=1S/C21H21N3O5/c1-13-10-18(24-29-13)23-21(27)14(2)28-20(26)12-22-19(25)11-16-8-5-7-15-6-3-4-9-17(15)16/h3-10,14H,11-12H2,1-2H3,(H,22,25)(H,23,24,27)/t14-/m0/s1. The van der Waals surface area contributed by atoms with Gasteiger partial charge < -0.3 is 19.9 Å². The molecule has 3 aromatic rings. The third-order valence-corrected chi connectivity index (χ3v) is 4.22. The molecule has 3 rings (SSSR count). The highest BCUT2D eigenvalue weighted by Gasteiger charge is 2.19. The molecule has 0 aliphatic heterocycles. The molecule has 2 aromatic carbocycles. The van der Waals surface area contributed by atoms with Gasteiger partial charge in [0.1, 0.15) is 12.3 Å². The number of carbonyl (C=O) groups excluding carboxylic acids is 3. The van der Waals surface area contributed by atoms with Crippen molar-refractivity contribution in [3.05, 3.63) is 59.9 Å². The zero-order valence-corrected chi connectivity index (χ0v) is 16.1. The topological polar surface area (TPSA) is 111 Å². The maximum absolute atomic E-state index is 12.2. The number of fused-ring (bicyclic) bond motifs is 1. The lowest BCUT2D eigenvalue weighted by Crippen LogP contribution is -2.36. The van der Waals surface area contributed by atoms with E-state index < -0.39 is 18.0 Å². The highest BCUT2D eigenvalue weighted by atomic mass is 16.5. The third-order valence-electron chi connectivity index (χ3n) is 4.22. The number of hydrogen-bond acceptors (Lipinski definition) is 6. The SMILES string of the molecule is Cc1cc(NC(=O)[C@H](C)OC(=O)CNC(=O)Cc2cccc3ccccc23)no1. The van der Waals surface area contributed by atoms with Crippen molar-refractivity contribution in [2.24, 2.45) is 0 Å². The van der Waals surface area contributed by atoms with Crippen LogP contribution in [0.15, 0.2) is 53.1 Å². The molecule has 0 aliphatic carbocycles. The summed E-state index contributed by atoms with van der Waals surface area (Å²) in [7, 11) is 0. The molecule has 0 saturated heterocycles. The van der Waals surface area contributed by atoms with Crippen LogP contribution < -0.4 is 10.6 Å². The van der Waals surface area contributed by atoms with Crippen molar-refractivity contribution in [1.29, 1.82) is 0 Å². The van der Waals surface area contributed by atoms with Gasteiger partial charge in [0, 0.05) is 6.07 Å². The molecular weight excluding hydrogens is 374 g/mol. The van der Waals surface area contributed by atoms with Gasteiger partial charge in [-0.05, 0) is 30.2 Å². The summed E-state index contributed by atoms with van der Waals surface area (Å²) in [5.41, 5.74) is 0.865. The van der Waals surface area contributed by atoms with Crippen molar-refractivity contribution in [3.63, 3.8) is 0 Å². The minimum absolute atomic E-state index is 0.135. The summed E-state index contributed by atoms with van der Waals surface area (Å²) in [6, 6.07) is 15.0. The number of aromatic nitrogens is 1. The van der Waals surface area contributed by atoms with Crippen LogP contribution in [-0.2, 0) is 25.5 Å². The smallest absolute Gasteiger partial charge is 0.326 e. The predicted octanol–water partition coefficient (Wildman–Crippen LogP) is 2.37. The first-order chi connectivity index (χ1) is 13.9. The molecule has 1 heterocycles. The lowest BCUT2D eigenvalue weighted by Gasteiger charge is -2.13. The van der Waals surface area contributed by atoms with Gasteiger partial charge in [-0.3, -0.25) is 14.4 Å². The zero-order valence-electron chi connectivity index (χ0n) is 16.1. The van der Waals surface area contributed by atoms with Crippen LogP contribution in [0.3, 0.4) is 0 Å². The quantitative estimate of drug-likeness (QED) is 0.594. The van der Waals surface area contributed by atoms with E-state index in [1.54, 1.807) is 13.0 Å². The number of rotatable bonds is 7. The molecule has 2 amide bonds. The first-order valence-electron chi connectivity index (χ1n) is 9.09. The van der Waals surface area contributed by atoms with Gasteiger partial charge in [0.2, 0.25) is 5.91 Å². The van der Waals surface area contributed by atoms with Crippen LogP contribution in [0.25, 0.3) is 10.8 Å². The molecule has 8 nitrogen and oxygen atoms in total. The number of amides is 2. The number of anilines is 1. The van der Waals surface area contributed by atoms with Crippen molar-refractivity contribution >= 4 is 34.4 Å². The molecule has 8 heteroatoms. The van der Waals surface area contributed by atoms with E-state index in [0.717, 1.165) is 16.3 Å². The average molecular weight is 395 g/mol. The highest BCUT2D eigenvalue weighted by Crippen LogP contribution is 2.18. The highest BCUT2D eigenvalue weighted by molar-refractivity contribution is 5.95. The van der Waals surface area contributed by atoms with Crippen LogP contribution in [0.4, 0.5) is 5.82 Å². The normalized spacial score (nSPS) is 11.7. The number of carbonyl (C=O) groups is 3. The van der Waals surface area contributed by atoms with Gasteiger partial charge in [-0.2, -0.15) is 0 Å². The van der Waals surface area contributed by atoms with E-state index >= 15 is 0 Å². The van der Waals surface area contributed by atoms with Crippen molar-refractivity contribution in [2.75, 3.05) is 11.9 Å². The van der Waals surface area contributed by atoms with Gasteiger partial charge in [0.05, 0.1) is 6.42 Å². The van der Waals surface area contributed by atoms with Gasteiger partial charge in [-0.15, -0.1) is 0 Å². The van der Waals surface area contributed by atoms with E-state index in [9.17, 15) is 14.4 Å². The summed E-state index contributed by atoms with van der Waals surface area (Å²) < 4.78 is 9.88. The molecule has 0 unspecified atom stereocenters. The third kappa shape index (κ3) is 5.41. The Kier molecular flexibility index (Phi) is 6.23. The Morgan fingerprint density at radius 3 is 2.66 bits per heavy atom. The molecule has 0 aliphatic rings. The Balaban J connectivity index is 1.47. The monoisotopic (exact) mass is 395 g/mol. The molecule has 0 radical (unpaired) electrons. The number of hydrogen-bond donors (Lipinski definition) is 2. The first kappa shape index (κ1) is 20.1. The summed E-state index contributed by atoms with van der Waals surface area (Å²) in [6.45, 7) is 2.79. The van der Waals surface area contributed by atoms with Gasteiger partial charge in [0.15, 0.2) is 11.9 Å². The van der Waals surface area contributed by atoms with Crippen LogP contribution in [0.1, 0.15) is 18.2 Å². The Morgan fingerprint density at radius 1 is 1.14 bits per heavy atom. The van der Waals surface area contributed by atoms with Crippen LogP contribution >= 0.6 is 0 Å². The maximum Gasteiger partial charge on any atom is 0.326 e. The molecule has 0 bridgehead atoms. The lowest BCUT2D eigenvalue weighted by atomic mass is 10.0. The Labute approximate surface area is 167 Å². The van der Waals surface area contributed by atoms with Crippen molar-refractivity contribution in [3.8, 4) is 0 Å². The Morgan fingerprint density at radius 2 is 1.90 bits per heavy atom. The second-order valence-electron chi connectivity index (χ2n) is 6.54. The molecule has 29 heavy (non-hydrogen) atoms.